The van der Waals surface area contributed by atoms with Crippen LogP contribution in [0.5, 0.6) is 0 Å². The maximum Gasteiger partial charge on any atom is 0.306 e. The number of aryl methyl sites for hydroxylation is 1. The number of ether oxygens (including phenoxy) is 1. The molecule has 0 radical (unpaired) electrons. The smallest absolute Gasteiger partial charge is 0.306 e. The SMILES string of the molecule is CCOC(=O)CCc1ccc(C2CCC2)cc1. The van der Waals surface area contributed by atoms with Gasteiger partial charge in [-0.1, -0.05) is 30.7 Å². The molecule has 0 atom stereocenters. The summed E-state index contributed by atoms with van der Waals surface area (Å²) in [5, 5.41) is 0. The number of benzene rings is 1. The van der Waals surface area contributed by atoms with Crippen molar-refractivity contribution in [2.45, 2.75) is 44.9 Å². The molecule has 1 aromatic rings. The fraction of sp³-hybridized carbons (Fsp3) is 0.533. The largest absolute Gasteiger partial charge is 0.466 e. The van der Waals surface area contributed by atoms with E-state index in [2.05, 4.69) is 24.3 Å². The molecule has 0 amide bonds. The highest BCUT2D eigenvalue weighted by Crippen LogP contribution is 2.36. The van der Waals surface area contributed by atoms with Gasteiger partial charge in [0.05, 0.1) is 6.61 Å². The number of carbonyl (C=O) groups excluding carboxylic acids is 1. The summed E-state index contributed by atoms with van der Waals surface area (Å²) in [6.45, 7) is 2.31. The van der Waals surface area contributed by atoms with Crippen LogP contribution in [0.25, 0.3) is 0 Å². The van der Waals surface area contributed by atoms with E-state index in [1.54, 1.807) is 0 Å². The zero-order valence-corrected chi connectivity index (χ0v) is 10.4. The second-order valence-electron chi connectivity index (χ2n) is 4.67. The highest BCUT2D eigenvalue weighted by atomic mass is 16.5. The van der Waals surface area contributed by atoms with Crippen LogP contribution in [-0.4, -0.2) is 12.6 Å². The maximum absolute atomic E-state index is 11.2. The molecule has 2 rings (SSSR count). The van der Waals surface area contributed by atoms with E-state index in [9.17, 15) is 4.79 Å². The lowest BCUT2D eigenvalue weighted by molar-refractivity contribution is -0.143. The van der Waals surface area contributed by atoms with Gasteiger partial charge in [-0.25, -0.2) is 0 Å². The van der Waals surface area contributed by atoms with E-state index in [-0.39, 0.29) is 5.97 Å². The van der Waals surface area contributed by atoms with Gasteiger partial charge in [-0.15, -0.1) is 0 Å². The second-order valence-corrected chi connectivity index (χ2v) is 4.67. The highest BCUT2D eigenvalue weighted by Gasteiger charge is 2.18. The molecule has 0 spiro atoms. The van der Waals surface area contributed by atoms with Crippen molar-refractivity contribution in [1.82, 2.24) is 0 Å². The topological polar surface area (TPSA) is 26.3 Å². The first-order valence-electron chi connectivity index (χ1n) is 6.54. The van der Waals surface area contributed by atoms with E-state index in [0.717, 1.165) is 12.3 Å². The molecule has 1 aliphatic rings. The highest BCUT2D eigenvalue weighted by molar-refractivity contribution is 5.69. The van der Waals surface area contributed by atoms with Crippen LogP contribution >= 0.6 is 0 Å². The van der Waals surface area contributed by atoms with Crippen molar-refractivity contribution < 1.29 is 9.53 Å². The zero-order chi connectivity index (χ0) is 12.1. The van der Waals surface area contributed by atoms with Crippen molar-refractivity contribution >= 4 is 5.97 Å². The first-order chi connectivity index (χ1) is 8.29. The Balaban J connectivity index is 1.83. The number of hydrogen-bond donors (Lipinski definition) is 0. The van der Waals surface area contributed by atoms with Crippen LogP contribution in [0.4, 0.5) is 0 Å². The van der Waals surface area contributed by atoms with Crippen molar-refractivity contribution in [3.63, 3.8) is 0 Å². The first-order valence-corrected chi connectivity index (χ1v) is 6.54. The van der Waals surface area contributed by atoms with E-state index in [4.69, 9.17) is 4.74 Å². The summed E-state index contributed by atoms with van der Waals surface area (Å²) in [5.74, 6) is 0.685. The normalized spacial score (nSPS) is 15.4. The van der Waals surface area contributed by atoms with Crippen molar-refractivity contribution in [2.75, 3.05) is 6.61 Å². The van der Waals surface area contributed by atoms with Gasteiger partial charge in [-0.3, -0.25) is 4.79 Å². The molecular formula is C15H20O2. The Kier molecular flexibility index (Phi) is 4.18. The van der Waals surface area contributed by atoms with Gasteiger partial charge in [0, 0.05) is 6.42 Å². The van der Waals surface area contributed by atoms with Gasteiger partial charge in [0.15, 0.2) is 0 Å². The average Bonchev–Trinajstić information content (AvgIpc) is 2.26. The maximum atomic E-state index is 11.2. The molecule has 1 fully saturated rings. The van der Waals surface area contributed by atoms with Crippen molar-refractivity contribution in [3.05, 3.63) is 35.4 Å². The second kappa shape index (κ2) is 5.85. The Bertz CT molecular complexity index is 363. The predicted molar refractivity (Wildman–Crippen MR) is 68.0 cm³/mol. The Morgan fingerprint density at radius 2 is 2.00 bits per heavy atom. The first kappa shape index (κ1) is 12.2. The van der Waals surface area contributed by atoms with E-state index in [1.807, 2.05) is 6.92 Å². The standard InChI is InChI=1S/C15H20O2/c1-2-17-15(16)11-8-12-6-9-14(10-7-12)13-4-3-5-13/h6-7,9-10,13H,2-5,8,11H2,1H3. The molecule has 1 aromatic carbocycles. The number of carbonyl (C=O) groups is 1. The van der Waals surface area contributed by atoms with E-state index < -0.39 is 0 Å². The third-order valence-corrected chi connectivity index (χ3v) is 3.48. The quantitative estimate of drug-likeness (QED) is 0.727. The Labute approximate surface area is 103 Å². The minimum atomic E-state index is -0.101. The minimum absolute atomic E-state index is 0.101. The lowest BCUT2D eigenvalue weighted by atomic mass is 9.80. The summed E-state index contributed by atoms with van der Waals surface area (Å²) < 4.78 is 4.91. The Morgan fingerprint density at radius 3 is 2.53 bits per heavy atom. The van der Waals surface area contributed by atoms with Gasteiger partial charge < -0.3 is 4.74 Å². The van der Waals surface area contributed by atoms with Gasteiger partial charge in [-0.2, -0.15) is 0 Å². The minimum Gasteiger partial charge on any atom is -0.466 e. The van der Waals surface area contributed by atoms with Gasteiger partial charge in [0.25, 0.3) is 0 Å². The predicted octanol–water partition coefficient (Wildman–Crippen LogP) is 3.45. The van der Waals surface area contributed by atoms with Crippen LogP contribution in [0.15, 0.2) is 24.3 Å². The van der Waals surface area contributed by atoms with Gasteiger partial charge >= 0.3 is 5.97 Å². The molecule has 92 valence electrons. The molecule has 0 aliphatic heterocycles. The molecular weight excluding hydrogens is 212 g/mol. The summed E-state index contributed by atoms with van der Waals surface area (Å²) in [6, 6.07) is 8.72. The van der Waals surface area contributed by atoms with Crippen LogP contribution in [0.3, 0.4) is 0 Å². The van der Waals surface area contributed by atoms with Crippen LogP contribution in [0.1, 0.15) is 49.7 Å². The lowest BCUT2D eigenvalue weighted by Gasteiger charge is -2.25. The van der Waals surface area contributed by atoms with Crippen LogP contribution in [0.2, 0.25) is 0 Å². The average molecular weight is 232 g/mol. The fourth-order valence-electron chi connectivity index (χ4n) is 2.18. The summed E-state index contributed by atoms with van der Waals surface area (Å²) >= 11 is 0. The molecule has 0 heterocycles. The molecule has 0 saturated heterocycles. The monoisotopic (exact) mass is 232 g/mol. The number of esters is 1. The van der Waals surface area contributed by atoms with Crippen LogP contribution in [0, 0.1) is 0 Å². The molecule has 1 saturated carbocycles. The third-order valence-electron chi connectivity index (χ3n) is 3.48. The molecule has 0 unspecified atom stereocenters. The van der Waals surface area contributed by atoms with Gasteiger partial charge in [0.2, 0.25) is 0 Å². The summed E-state index contributed by atoms with van der Waals surface area (Å²) in [4.78, 5) is 11.2. The molecule has 0 bridgehead atoms. The summed E-state index contributed by atoms with van der Waals surface area (Å²) in [5.41, 5.74) is 2.68. The van der Waals surface area contributed by atoms with Crippen molar-refractivity contribution in [2.24, 2.45) is 0 Å². The number of hydrogen-bond acceptors (Lipinski definition) is 2. The third kappa shape index (κ3) is 3.32. The fourth-order valence-corrected chi connectivity index (χ4v) is 2.18. The van der Waals surface area contributed by atoms with E-state index in [1.165, 1.54) is 30.4 Å². The molecule has 0 N–H and O–H groups in total. The van der Waals surface area contributed by atoms with Crippen molar-refractivity contribution in [3.8, 4) is 0 Å². The molecule has 2 nitrogen and oxygen atoms in total. The summed E-state index contributed by atoms with van der Waals surface area (Å²) in [6.07, 6.45) is 5.31. The zero-order valence-electron chi connectivity index (χ0n) is 10.4. The van der Waals surface area contributed by atoms with Crippen molar-refractivity contribution in [1.29, 1.82) is 0 Å². The van der Waals surface area contributed by atoms with E-state index >= 15 is 0 Å². The molecule has 2 heteroatoms. The summed E-state index contributed by atoms with van der Waals surface area (Å²) in [7, 11) is 0. The molecule has 0 aromatic heterocycles. The molecule has 1 aliphatic carbocycles. The van der Waals surface area contributed by atoms with Gasteiger partial charge in [-0.05, 0) is 43.2 Å². The van der Waals surface area contributed by atoms with Gasteiger partial charge in [0.1, 0.15) is 0 Å². The lowest BCUT2D eigenvalue weighted by Crippen LogP contribution is -2.08. The number of rotatable bonds is 5. The van der Waals surface area contributed by atoms with E-state index in [0.29, 0.717) is 13.0 Å². The molecule has 17 heavy (non-hydrogen) atoms. The van der Waals surface area contributed by atoms with Crippen LogP contribution < -0.4 is 0 Å². The Morgan fingerprint density at radius 1 is 1.29 bits per heavy atom. The van der Waals surface area contributed by atoms with Crippen LogP contribution in [-0.2, 0) is 16.0 Å². The Hall–Kier alpha value is -1.31.